The molecular weight excluding hydrogens is 312 g/mol. The minimum atomic E-state index is 0.578. The molecule has 1 aliphatic rings. The molecule has 25 heavy (non-hydrogen) atoms. The maximum absolute atomic E-state index is 5.54. The highest BCUT2D eigenvalue weighted by Crippen LogP contribution is 2.34. The maximum Gasteiger partial charge on any atom is 0.159 e. The summed E-state index contributed by atoms with van der Waals surface area (Å²) in [5.74, 6) is 2.68. The third-order valence-electron chi connectivity index (χ3n) is 5.25. The van der Waals surface area contributed by atoms with Crippen molar-refractivity contribution in [3.8, 4) is 5.75 Å². The van der Waals surface area contributed by atoms with Crippen molar-refractivity contribution in [2.45, 2.75) is 25.3 Å². The number of benzene rings is 1. The van der Waals surface area contributed by atoms with Gasteiger partial charge in [0.05, 0.1) is 13.7 Å². The first-order valence-corrected chi connectivity index (χ1v) is 8.88. The quantitative estimate of drug-likeness (QED) is 0.733. The Morgan fingerprint density at radius 3 is 2.68 bits per heavy atom. The van der Waals surface area contributed by atoms with Gasteiger partial charge in [-0.1, -0.05) is 18.2 Å². The second-order valence-corrected chi connectivity index (χ2v) is 6.73. The molecule has 3 aromatic rings. The van der Waals surface area contributed by atoms with Gasteiger partial charge < -0.3 is 9.30 Å². The average molecular weight is 336 g/mol. The van der Waals surface area contributed by atoms with Crippen molar-refractivity contribution in [1.82, 2.24) is 19.4 Å². The molecule has 0 saturated carbocycles. The van der Waals surface area contributed by atoms with Gasteiger partial charge in [-0.3, -0.25) is 4.90 Å². The lowest BCUT2D eigenvalue weighted by atomic mass is 9.89. The fourth-order valence-corrected chi connectivity index (χ4v) is 3.82. The van der Waals surface area contributed by atoms with Gasteiger partial charge in [-0.2, -0.15) is 0 Å². The number of imidazole rings is 1. The fourth-order valence-electron chi connectivity index (χ4n) is 3.82. The van der Waals surface area contributed by atoms with Crippen LogP contribution in [-0.4, -0.2) is 39.6 Å². The van der Waals surface area contributed by atoms with Crippen molar-refractivity contribution in [3.05, 3.63) is 54.0 Å². The Morgan fingerprint density at radius 2 is 1.92 bits per heavy atom. The van der Waals surface area contributed by atoms with Gasteiger partial charge >= 0.3 is 0 Å². The van der Waals surface area contributed by atoms with Crippen LogP contribution in [0.3, 0.4) is 0 Å². The molecular formula is C20H24N4O. The lowest BCUT2D eigenvalue weighted by Crippen LogP contribution is -2.33. The Balaban J connectivity index is 1.44. The average Bonchev–Trinajstić information content (AvgIpc) is 2.98. The van der Waals surface area contributed by atoms with Crippen LogP contribution in [0.25, 0.3) is 11.2 Å². The van der Waals surface area contributed by atoms with Gasteiger partial charge in [-0.05, 0) is 55.6 Å². The van der Waals surface area contributed by atoms with Crippen LogP contribution in [0.2, 0.25) is 0 Å². The molecule has 3 heterocycles. The number of aryl methyl sites for hydroxylation is 1. The molecule has 4 rings (SSSR count). The standard InChI is InChI=1S/C20H24N4O/c1-23-19(22-17-7-5-11-21-20(17)23)14-24-12-9-15(10-13-24)16-6-3-4-8-18(16)25-2/h3-8,11,15H,9-10,12-14H2,1-2H3. The highest BCUT2D eigenvalue weighted by Gasteiger charge is 2.24. The van der Waals surface area contributed by atoms with E-state index in [9.17, 15) is 0 Å². The number of aromatic nitrogens is 3. The van der Waals surface area contributed by atoms with E-state index in [0.29, 0.717) is 5.92 Å². The number of hydrogen-bond donors (Lipinski definition) is 0. The molecule has 1 fully saturated rings. The van der Waals surface area contributed by atoms with Crippen LogP contribution in [0.4, 0.5) is 0 Å². The van der Waals surface area contributed by atoms with Crippen molar-refractivity contribution in [3.63, 3.8) is 0 Å². The molecule has 0 unspecified atom stereocenters. The summed E-state index contributed by atoms with van der Waals surface area (Å²) in [4.78, 5) is 11.7. The molecule has 0 bridgehead atoms. The molecule has 130 valence electrons. The second kappa shape index (κ2) is 6.84. The van der Waals surface area contributed by atoms with Gasteiger partial charge in [0, 0.05) is 13.2 Å². The molecule has 5 heteroatoms. The van der Waals surface area contributed by atoms with Crippen LogP contribution < -0.4 is 4.74 Å². The summed E-state index contributed by atoms with van der Waals surface area (Å²) < 4.78 is 7.65. The van der Waals surface area contributed by atoms with Gasteiger partial charge in [0.25, 0.3) is 0 Å². The second-order valence-electron chi connectivity index (χ2n) is 6.73. The van der Waals surface area contributed by atoms with E-state index in [1.165, 1.54) is 5.56 Å². The largest absolute Gasteiger partial charge is 0.496 e. The highest BCUT2D eigenvalue weighted by atomic mass is 16.5. The van der Waals surface area contributed by atoms with Gasteiger partial charge in [-0.15, -0.1) is 0 Å². The minimum Gasteiger partial charge on any atom is -0.496 e. The fraction of sp³-hybridized carbons (Fsp3) is 0.400. The maximum atomic E-state index is 5.54. The van der Waals surface area contributed by atoms with E-state index in [-0.39, 0.29) is 0 Å². The number of para-hydroxylation sites is 1. The van der Waals surface area contributed by atoms with Crippen molar-refractivity contribution in [1.29, 1.82) is 0 Å². The highest BCUT2D eigenvalue weighted by molar-refractivity contribution is 5.70. The first kappa shape index (κ1) is 16.1. The molecule has 0 amide bonds. The zero-order chi connectivity index (χ0) is 17.2. The first-order valence-electron chi connectivity index (χ1n) is 8.88. The molecule has 2 aromatic heterocycles. The van der Waals surface area contributed by atoms with E-state index in [1.807, 2.05) is 24.4 Å². The SMILES string of the molecule is COc1ccccc1C1CCN(Cc2nc3cccnc3n2C)CC1. The van der Waals surface area contributed by atoms with Crippen LogP contribution >= 0.6 is 0 Å². The first-order chi connectivity index (χ1) is 12.3. The van der Waals surface area contributed by atoms with E-state index < -0.39 is 0 Å². The van der Waals surface area contributed by atoms with Crippen molar-refractivity contribution in [2.24, 2.45) is 7.05 Å². The number of likely N-dealkylation sites (tertiary alicyclic amines) is 1. The number of ether oxygens (including phenoxy) is 1. The van der Waals surface area contributed by atoms with E-state index in [2.05, 4.69) is 39.7 Å². The van der Waals surface area contributed by atoms with Gasteiger partial charge in [-0.25, -0.2) is 9.97 Å². The molecule has 1 aromatic carbocycles. The topological polar surface area (TPSA) is 43.2 Å². The number of hydrogen-bond acceptors (Lipinski definition) is 4. The Morgan fingerprint density at radius 1 is 1.12 bits per heavy atom. The zero-order valence-electron chi connectivity index (χ0n) is 14.9. The third-order valence-corrected chi connectivity index (χ3v) is 5.25. The smallest absolute Gasteiger partial charge is 0.159 e. The van der Waals surface area contributed by atoms with E-state index >= 15 is 0 Å². The Labute approximate surface area is 148 Å². The van der Waals surface area contributed by atoms with Crippen LogP contribution in [0.1, 0.15) is 30.1 Å². The lowest BCUT2D eigenvalue weighted by molar-refractivity contribution is 0.197. The lowest BCUT2D eigenvalue weighted by Gasteiger charge is -2.32. The van der Waals surface area contributed by atoms with Crippen LogP contribution in [-0.2, 0) is 13.6 Å². The molecule has 0 N–H and O–H groups in total. The summed E-state index contributed by atoms with van der Waals surface area (Å²) in [5.41, 5.74) is 3.28. The normalized spacial score (nSPS) is 16.4. The summed E-state index contributed by atoms with van der Waals surface area (Å²) in [6, 6.07) is 12.4. The predicted octanol–water partition coefficient (Wildman–Crippen LogP) is 3.36. The summed E-state index contributed by atoms with van der Waals surface area (Å²) in [6.45, 7) is 3.05. The van der Waals surface area contributed by atoms with Gasteiger partial charge in [0.15, 0.2) is 5.65 Å². The third kappa shape index (κ3) is 3.12. The molecule has 1 aliphatic heterocycles. The summed E-state index contributed by atoms with van der Waals surface area (Å²) in [7, 11) is 3.81. The number of fused-ring (bicyclic) bond motifs is 1. The van der Waals surface area contributed by atoms with Gasteiger partial charge in [0.2, 0.25) is 0 Å². The van der Waals surface area contributed by atoms with Crippen molar-refractivity contribution in [2.75, 3.05) is 20.2 Å². The molecule has 1 saturated heterocycles. The monoisotopic (exact) mass is 336 g/mol. The number of piperidine rings is 1. The summed E-state index contributed by atoms with van der Waals surface area (Å²) in [6.07, 6.45) is 4.14. The Hall–Kier alpha value is -2.40. The van der Waals surface area contributed by atoms with E-state index in [0.717, 1.165) is 55.2 Å². The zero-order valence-corrected chi connectivity index (χ0v) is 14.9. The van der Waals surface area contributed by atoms with Crippen LogP contribution in [0.15, 0.2) is 42.6 Å². The van der Waals surface area contributed by atoms with E-state index in [1.54, 1.807) is 7.11 Å². The molecule has 0 radical (unpaired) electrons. The van der Waals surface area contributed by atoms with Gasteiger partial charge in [0.1, 0.15) is 17.1 Å². The minimum absolute atomic E-state index is 0.578. The summed E-state index contributed by atoms with van der Waals surface area (Å²) in [5, 5.41) is 0. The van der Waals surface area contributed by atoms with Crippen molar-refractivity contribution >= 4 is 11.2 Å². The Bertz CT molecular complexity index is 865. The molecule has 5 nitrogen and oxygen atoms in total. The summed E-state index contributed by atoms with van der Waals surface area (Å²) >= 11 is 0. The number of nitrogens with zero attached hydrogens (tertiary/aromatic N) is 4. The number of pyridine rings is 1. The van der Waals surface area contributed by atoms with E-state index in [4.69, 9.17) is 9.72 Å². The van der Waals surface area contributed by atoms with Crippen LogP contribution in [0, 0.1) is 0 Å². The number of methoxy groups -OCH3 is 1. The Kier molecular flexibility index (Phi) is 4.40. The molecule has 0 aliphatic carbocycles. The molecule has 0 spiro atoms. The number of rotatable bonds is 4. The van der Waals surface area contributed by atoms with Crippen LogP contribution in [0.5, 0.6) is 5.75 Å². The molecule has 0 atom stereocenters. The van der Waals surface area contributed by atoms with Crippen molar-refractivity contribution < 1.29 is 4.74 Å². The predicted molar refractivity (Wildman–Crippen MR) is 98.8 cm³/mol.